The van der Waals surface area contributed by atoms with Crippen molar-refractivity contribution in [2.45, 2.75) is 39.2 Å². The number of nitrogens with one attached hydrogen (secondary N) is 1. The molecule has 0 saturated carbocycles. The molecule has 1 fully saturated rings. The van der Waals surface area contributed by atoms with Crippen molar-refractivity contribution in [1.82, 2.24) is 20.1 Å². The Bertz CT molecular complexity index is 939. The van der Waals surface area contributed by atoms with E-state index in [9.17, 15) is 5.11 Å². The molecule has 1 aliphatic heterocycles. The first kappa shape index (κ1) is 18.1. The highest BCUT2D eigenvalue weighted by atomic mass is 32.1. The van der Waals surface area contributed by atoms with Crippen molar-refractivity contribution in [3.05, 3.63) is 29.3 Å². The van der Waals surface area contributed by atoms with Crippen molar-refractivity contribution < 1.29 is 5.11 Å². The Kier molecular flexibility index (Phi) is 5.22. The number of nitrogens with zero attached hydrogens (tertiary/aromatic N) is 4. The number of aromatic nitrogens is 3. The summed E-state index contributed by atoms with van der Waals surface area (Å²) in [6, 6.07) is 6.24. The molecule has 27 heavy (non-hydrogen) atoms. The minimum absolute atomic E-state index is 0.255. The molecule has 2 N–H and O–H groups in total. The highest BCUT2D eigenvalue weighted by Gasteiger charge is 2.21. The molecule has 1 atom stereocenters. The number of aromatic hydroxyl groups is 1. The molecule has 4 rings (SSSR count). The summed E-state index contributed by atoms with van der Waals surface area (Å²) >= 11 is 1.52. The smallest absolute Gasteiger partial charge is 0.243 e. The molecule has 6 nitrogen and oxygen atoms in total. The molecule has 0 unspecified atom stereocenters. The maximum atomic E-state index is 10.6. The van der Waals surface area contributed by atoms with Crippen LogP contribution in [0.2, 0.25) is 0 Å². The molecular weight excluding hydrogens is 358 g/mol. The predicted octanol–water partition coefficient (Wildman–Crippen LogP) is 4.05. The van der Waals surface area contributed by atoms with Gasteiger partial charge in [0.2, 0.25) is 5.95 Å². The molecule has 142 valence electrons. The number of thiophene rings is 1. The van der Waals surface area contributed by atoms with Gasteiger partial charge in [0, 0.05) is 18.2 Å². The number of likely N-dealkylation sites (tertiary alicyclic amines) is 1. The summed E-state index contributed by atoms with van der Waals surface area (Å²) in [4.78, 5) is 7.10. The molecule has 2 aromatic heterocycles. The van der Waals surface area contributed by atoms with Crippen LogP contribution in [-0.4, -0.2) is 50.9 Å². The third-order valence-corrected chi connectivity index (χ3v) is 6.03. The van der Waals surface area contributed by atoms with Gasteiger partial charge in [-0.2, -0.15) is 0 Å². The van der Waals surface area contributed by atoms with Gasteiger partial charge in [-0.3, -0.25) is 0 Å². The van der Waals surface area contributed by atoms with Crippen LogP contribution in [-0.2, 0) is 0 Å². The summed E-state index contributed by atoms with van der Waals surface area (Å²) in [6.07, 6.45) is 3.49. The Labute approximate surface area is 163 Å². The molecule has 1 saturated heterocycles. The fourth-order valence-electron chi connectivity index (χ4n) is 3.80. The van der Waals surface area contributed by atoms with Gasteiger partial charge in [0.25, 0.3) is 0 Å². The molecule has 3 heterocycles. The van der Waals surface area contributed by atoms with Crippen molar-refractivity contribution in [2.24, 2.45) is 0 Å². The van der Waals surface area contributed by atoms with Gasteiger partial charge in [0.15, 0.2) is 0 Å². The van der Waals surface area contributed by atoms with Crippen LogP contribution in [0.1, 0.15) is 31.9 Å². The van der Waals surface area contributed by atoms with Crippen LogP contribution in [0, 0.1) is 6.92 Å². The monoisotopic (exact) mass is 383 g/mol. The summed E-state index contributed by atoms with van der Waals surface area (Å²) in [7, 11) is 0. The number of hydrogen-bond donors (Lipinski definition) is 2. The second kappa shape index (κ2) is 7.78. The maximum Gasteiger partial charge on any atom is 0.243 e. The van der Waals surface area contributed by atoms with E-state index in [4.69, 9.17) is 0 Å². The fraction of sp³-hybridized carbons (Fsp3) is 0.450. The highest BCUT2D eigenvalue weighted by molar-refractivity contribution is 7.17. The number of fused-ring (bicyclic) bond motifs is 1. The fourth-order valence-corrected chi connectivity index (χ4v) is 4.64. The maximum absolute atomic E-state index is 10.6. The lowest BCUT2D eigenvalue weighted by molar-refractivity contribution is 0.216. The average molecular weight is 384 g/mol. The van der Waals surface area contributed by atoms with Gasteiger partial charge in [-0.25, -0.2) is 4.98 Å². The van der Waals surface area contributed by atoms with Crippen LogP contribution in [0.3, 0.4) is 0 Å². The van der Waals surface area contributed by atoms with Crippen molar-refractivity contribution in [1.29, 1.82) is 0 Å². The molecule has 0 spiro atoms. The van der Waals surface area contributed by atoms with E-state index in [0.717, 1.165) is 35.3 Å². The number of phenols is 1. The topological polar surface area (TPSA) is 74.2 Å². The number of aryl methyl sites for hydroxylation is 1. The van der Waals surface area contributed by atoms with Crippen molar-refractivity contribution in [3.8, 4) is 17.0 Å². The Hall–Kier alpha value is -2.25. The van der Waals surface area contributed by atoms with Crippen molar-refractivity contribution >= 4 is 27.4 Å². The molecule has 0 amide bonds. The molecule has 0 radical (unpaired) electrons. The first-order valence-electron chi connectivity index (χ1n) is 9.55. The number of hydrogen-bond acceptors (Lipinski definition) is 7. The van der Waals surface area contributed by atoms with E-state index >= 15 is 0 Å². The molecule has 1 aliphatic rings. The van der Waals surface area contributed by atoms with Gasteiger partial charge < -0.3 is 15.3 Å². The van der Waals surface area contributed by atoms with Crippen molar-refractivity contribution in [2.75, 3.05) is 25.0 Å². The van der Waals surface area contributed by atoms with E-state index in [0.29, 0.717) is 23.2 Å². The third-order valence-electron chi connectivity index (χ3n) is 5.09. The highest BCUT2D eigenvalue weighted by Crippen LogP contribution is 2.38. The van der Waals surface area contributed by atoms with Gasteiger partial charge in [0.1, 0.15) is 11.4 Å². The minimum Gasteiger partial charge on any atom is -0.506 e. The first-order chi connectivity index (χ1) is 13.2. The number of piperidine rings is 1. The SMILES string of the molecule is CCCN1CCC[C@@H](Nc2nnc(-c3ccc4ccsc4c3O)c(C)n2)C1. The van der Waals surface area contributed by atoms with Crippen LogP contribution in [0.4, 0.5) is 5.95 Å². The van der Waals surface area contributed by atoms with Gasteiger partial charge in [-0.1, -0.05) is 13.0 Å². The number of rotatable bonds is 5. The van der Waals surface area contributed by atoms with Crippen LogP contribution in [0.5, 0.6) is 5.75 Å². The largest absolute Gasteiger partial charge is 0.506 e. The lowest BCUT2D eigenvalue weighted by Crippen LogP contribution is -2.42. The standard InChI is InChI=1S/C20H25N5OS/c1-3-9-25-10-4-5-15(12-25)22-20-21-13(2)17(23-24-20)16-7-6-14-8-11-27-19(14)18(16)26/h6-8,11,15,26H,3-5,9-10,12H2,1-2H3,(H,21,22,24)/t15-/m1/s1. The lowest BCUT2D eigenvalue weighted by atomic mass is 10.1. The van der Waals surface area contributed by atoms with E-state index in [-0.39, 0.29) is 5.75 Å². The van der Waals surface area contributed by atoms with Crippen molar-refractivity contribution in [3.63, 3.8) is 0 Å². The zero-order valence-corrected chi connectivity index (χ0v) is 16.6. The van der Waals surface area contributed by atoms with Crippen LogP contribution < -0.4 is 5.32 Å². The van der Waals surface area contributed by atoms with E-state index in [1.54, 1.807) is 0 Å². The summed E-state index contributed by atoms with van der Waals surface area (Å²) in [5.74, 6) is 0.821. The van der Waals surface area contributed by atoms with Gasteiger partial charge in [-0.15, -0.1) is 21.5 Å². The summed E-state index contributed by atoms with van der Waals surface area (Å²) in [5.41, 5.74) is 2.07. The molecular formula is C20H25N5OS. The Morgan fingerprint density at radius 1 is 1.30 bits per heavy atom. The van der Waals surface area contributed by atoms with Gasteiger partial charge in [0.05, 0.1) is 10.4 Å². The predicted molar refractivity (Wildman–Crippen MR) is 110 cm³/mol. The van der Waals surface area contributed by atoms with E-state index in [1.807, 2.05) is 30.5 Å². The summed E-state index contributed by atoms with van der Waals surface area (Å²) in [5, 5.41) is 25.7. The molecule has 0 bridgehead atoms. The normalized spacial score (nSPS) is 18.1. The number of anilines is 1. The first-order valence-corrected chi connectivity index (χ1v) is 10.4. The Balaban J connectivity index is 1.54. The zero-order chi connectivity index (χ0) is 18.8. The minimum atomic E-state index is 0.255. The second-order valence-electron chi connectivity index (χ2n) is 7.15. The lowest BCUT2D eigenvalue weighted by Gasteiger charge is -2.32. The summed E-state index contributed by atoms with van der Waals surface area (Å²) in [6.45, 7) is 7.47. The quantitative estimate of drug-likeness (QED) is 0.692. The third kappa shape index (κ3) is 3.75. The Morgan fingerprint density at radius 2 is 2.19 bits per heavy atom. The van der Waals surface area contributed by atoms with Crippen LogP contribution >= 0.6 is 11.3 Å². The zero-order valence-electron chi connectivity index (χ0n) is 15.8. The van der Waals surface area contributed by atoms with Gasteiger partial charge >= 0.3 is 0 Å². The van der Waals surface area contributed by atoms with Gasteiger partial charge in [-0.05, 0) is 62.2 Å². The van der Waals surface area contributed by atoms with Crippen LogP contribution in [0.15, 0.2) is 23.6 Å². The summed E-state index contributed by atoms with van der Waals surface area (Å²) < 4.78 is 0.870. The molecule has 1 aromatic carbocycles. The van der Waals surface area contributed by atoms with E-state index < -0.39 is 0 Å². The van der Waals surface area contributed by atoms with E-state index in [1.165, 1.54) is 30.7 Å². The number of phenolic OH excluding ortho intramolecular Hbond substituents is 1. The molecule has 7 heteroatoms. The Morgan fingerprint density at radius 3 is 3.00 bits per heavy atom. The second-order valence-corrected chi connectivity index (χ2v) is 8.07. The number of benzene rings is 1. The van der Waals surface area contributed by atoms with E-state index in [2.05, 4.69) is 32.3 Å². The average Bonchev–Trinajstić information content (AvgIpc) is 3.13. The molecule has 0 aliphatic carbocycles. The van der Waals surface area contributed by atoms with Crippen LogP contribution in [0.25, 0.3) is 21.3 Å². The molecule has 3 aromatic rings.